The van der Waals surface area contributed by atoms with Gasteiger partial charge in [0.2, 0.25) is 0 Å². The zero-order valence-electron chi connectivity index (χ0n) is 10.5. The van der Waals surface area contributed by atoms with Crippen LogP contribution in [0.4, 0.5) is 11.6 Å². The molecule has 0 aromatic carbocycles. The molecule has 0 atom stereocenters. The van der Waals surface area contributed by atoms with Crippen LogP contribution in [0, 0.1) is 0 Å². The zero-order chi connectivity index (χ0) is 13.0. The van der Waals surface area contributed by atoms with Gasteiger partial charge in [-0.3, -0.25) is 0 Å². The van der Waals surface area contributed by atoms with E-state index in [-0.39, 0.29) is 6.10 Å². The van der Waals surface area contributed by atoms with Gasteiger partial charge in [-0.05, 0) is 48.5 Å². The number of nitrogens with one attached hydrogen (secondary N) is 2. The van der Waals surface area contributed by atoms with E-state index in [1.54, 1.807) is 6.33 Å². The van der Waals surface area contributed by atoms with Crippen molar-refractivity contribution in [2.24, 2.45) is 0 Å². The average Bonchev–Trinajstić information content (AvgIpc) is 2.37. The van der Waals surface area contributed by atoms with Crippen LogP contribution in [0.1, 0.15) is 32.6 Å². The molecule has 2 rings (SSSR count). The van der Waals surface area contributed by atoms with Crippen LogP contribution >= 0.6 is 15.9 Å². The summed E-state index contributed by atoms with van der Waals surface area (Å²) >= 11 is 3.52. The Morgan fingerprint density at radius 1 is 1.28 bits per heavy atom. The third-order valence-electron chi connectivity index (χ3n) is 3.17. The van der Waals surface area contributed by atoms with E-state index in [9.17, 15) is 5.11 Å². The van der Waals surface area contributed by atoms with Gasteiger partial charge >= 0.3 is 0 Å². The maximum absolute atomic E-state index is 9.49. The van der Waals surface area contributed by atoms with Crippen molar-refractivity contribution in [3.8, 4) is 0 Å². The Morgan fingerprint density at radius 3 is 2.61 bits per heavy atom. The Labute approximate surface area is 116 Å². The predicted octanol–water partition coefficient (Wildman–Crippen LogP) is 2.39. The second-order valence-corrected chi connectivity index (χ2v) is 5.36. The minimum atomic E-state index is -0.130. The first kappa shape index (κ1) is 13.5. The summed E-state index contributed by atoms with van der Waals surface area (Å²) in [6.45, 7) is 2.86. The topological polar surface area (TPSA) is 70.1 Å². The van der Waals surface area contributed by atoms with E-state index in [0.29, 0.717) is 6.04 Å². The van der Waals surface area contributed by atoms with Gasteiger partial charge in [-0.15, -0.1) is 0 Å². The van der Waals surface area contributed by atoms with Crippen LogP contribution < -0.4 is 10.6 Å². The molecule has 1 aliphatic carbocycles. The predicted molar refractivity (Wildman–Crippen MR) is 75.8 cm³/mol. The lowest BCUT2D eigenvalue weighted by Crippen LogP contribution is -2.28. The SMILES string of the molecule is CCNc1ncnc(NC2CCC(O)CC2)c1Br. The Morgan fingerprint density at radius 2 is 1.94 bits per heavy atom. The Balaban J connectivity index is 2.02. The molecule has 1 aromatic rings. The van der Waals surface area contributed by atoms with Gasteiger partial charge in [0.05, 0.1) is 6.10 Å². The van der Waals surface area contributed by atoms with Crippen LogP contribution in [0.25, 0.3) is 0 Å². The lowest BCUT2D eigenvalue weighted by Gasteiger charge is -2.27. The van der Waals surface area contributed by atoms with Crippen molar-refractivity contribution in [3.05, 3.63) is 10.8 Å². The number of aliphatic hydroxyl groups excluding tert-OH is 1. The molecule has 0 bridgehead atoms. The van der Waals surface area contributed by atoms with E-state index in [1.165, 1.54) is 0 Å². The third kappa shape index (κ3) is 3.32. The summed E-state index contributed by atoms with van der Waals surface area (Å²) in [6, 6.07) is 0.383. The van der Waals surface area contributed by atoms with Gasteiger partial charge < -0.3 is 15.7 Å². The summed E-state index contributed by atoms with van der Waals surface area (Å²) in [5, 5.41) is 16.1. The zero-order valence-corrected chi connectivity index (χ0v) is 12.1. The fourth-order valence-electron chi connectivity index (χ4n) is 2.17. The fraction of sp³-hybridized carbons (Fsp3) is 0.667. The smallest absolute Gasteiger partial charge is 0.146 e. The highest BCUT2D eigenvalue weighted by Gasteiger charge is 2.20. The van der Waals surface area contributed by atoms with Gasteiger partial charge in [0, 0.05) is 12.6 Å². The minimum Gasteiger partial charge on any atom is -0.393 e. The molecule has 5 nitrogen and oxygen atoms in total. The number of anilines is 2. The maximum Gasteiger partial charge on any atom is 0.146 e. The van der Waals surface area contributed by atoms with Crippen LogP contribution in [0.2, 0.25) is 0 Å². The summed E-state index contributed by atoms with van der Waals surface area (Å²) in [6.07, 6.45) is 5.11. The lowest BCUT2D eigenvalue weighted by atomic mass is 9.93. The van der Waals surface area contributed by atoms with Crippen LogP contribution in [-0.4, -0.2) is 33.8 Å². The van der Waals surface area contributed by atoms with Gasteiger partial charge in [0.1, 0.15) is 22.4 Å². The highest BCUT2D eigenvalue weighted by atomic mass is 79.9. The first-order valence-corrected chi connectivity index (χ1v) is 7.19. The average molecular weight is 315 g/mol. The number of hydrogen-bond acceptors (Lipinski definition) is 5. The molecular weight excluding hydrogens is 296 g/mol. The lowest BCUT2D eigenvalue weighted by molar-refractivity contribution is 0.126. The molecule has 3 N–H and O–H groups in total. The van der Waals surface area contributed by atoms with Gasteiger partial charge in [0.15, 0.2) is 0 Å². The molecule has 1 fully saturated rings. The van der Waals surface area contributed by atoms with Gasteiger partial charge in [-0.1, -0.05) is 0 Å². The first-order valence-electron chi connectivity index (χ1n) is 6.39. The Hall–Kier alpha value is -0.880. The normalized spacial score (nSPS) is 23.7. The summed E-state index contributed by atoms with van der Waals surface area (Å²) in [5.41, 5.74) is 0. The quantitative estimate of drug-likeness (QED) is 0.796. The van der Waals surface area contributed by atoms with Crippen molar-refractivity contribution >= 4 is 27.6 Å². The molecule has 0 radical (unpaired) electrons. The number of halogens is 1. The van der Waals surface area contributed by atoms with E-state index < -0.39 is 0 Å². The fourth-order valence-corrected chi connectivity index (χ4v) is 2.63. The van der Waals surface area contributed by atoms with E-state index >= 15 is 0 Å². The van der Waals surface area contributed by atoms with Gasteiger partial charge in [0.25, 0.3) is 0 Å². The van der Waals surface area contributed by atoms with E-state index in [1.807, 2.05) is 6.92 Å². The Bertz CT molecular complexity index is 394. The first-order chi connectivity index (χ1) is 8.70. The molecule has 0 saturated heterocycles. The number of aromatic nitrogens is 2. The summed E-state index contributed by atoms with van der Waals surface area (Å²) in [5.74, 6) is 1.63. The molecule has 1 heterocycles. The third-order valence-corrected chi connectivity index (χ3v) is 3.92. The van der Waals surface area contributed by atoms with Crippen molar-refractivity contribution in [3.63, 3.8) is 0 Å². The van der Waals surface area contributed by atoms with Crippen LogP contribution in [0.5, 0.6) is 0 Å². The second-order valence-electron chi connectivity index (χ2n) is 4.56. The van der Waals surface area contributed by atoms with Crippen LogP contribution in [0.3, 0.4) is 0 Å². The largest absolute Gasteiger partial charge is 0.393 e. The highest BCUT2D eigenvalue weighted by molar-refractivity contribution is 9.10. The molecule has 1 aliphatic rings. The summed E-state index contributed by atoms with van der Waals surface area (Å²) in [7, 11) is 0. The maximum atomic E-state index is 9.49. The molecule has 100 valence electrons. The molecule has 6 heteroatoms. The minimum absolute atomic E-state index is 0.130. The van der Waals surface area contributed by atoms with E-state index in [4.69, 9.17) is 0 Å². The van der Waals surface area contributed by atoms with Crippen molar-refractivity contribution in [2.75, 3.05) is 17.2 Å². The standard InChI is InChI=1S/C12H19BrN4O/c1-2-14-11-10(13)12(16-7-15-11)17-8-3-5-9(18)6-4-8/h7-9,18H,2-6H2,1H3,(H2,14,15,16,17). The number of rotatable bonds is 4. The van der Waals surface area contributed by atoms with Crippen molar-refractivity contribution in [1.29, 1.82) is 0 Å². The summed E-state index contributed by atoms with van der Waals surface area (Å²) in [4.78, 5) is 8.45. The number of nitrogens with zero attached hydrogens (tertiary/aromatic N) is 2. The molecule has 0 unspecified atom stereocenters. The van der Waals surface area contributed by atoms with Crippen LogP contribution in [-0.2, 0) is 0 Å². The molecule has 0 aliphatic heterocycles. The molecular formula is C12H19BrN4O. The van der Waals surface area contributed by atoms with Gasteiger partial charge in [-0.25, -0.2) is 9.97 Å². The van der Waals surface area contributed by atoms with E-state index in [2.05, 4.69) is 36.5 Å². The molecule has 1 aromatic heterocycles. The molecule has 18 heavy (non-hydrogen) atoms. The van der Waals surface area contributed by atoms with Crippen molar-refractivity contribution in [1.82, 2.24) is 9.97 Å². The molecule has 0 amide bonds. The highest BCUT2D eigenvalue weighted by Crippen LogP contribution is 2.29. The summed E-state index contributed by atoms with van der Waals surface area (Å²) < 4.78 is 0.873. The van der Waals surface area contributed by atoms with Crippen LogP contribution in [0.15, 0.2) is 10.8 Å². The second kappa shape index (κ2) is 6.33. The van der Waals surface area contributed by atoms with Crippen molar-refractivity contribution in [2.45, 2.75) is 44.8 Å². The van der Waals surface area contributed by atoms with Crippen molar-refractivity contribution < 1.29 is 5.11 Å². The molecule has 0 spiro atoms. The molecule has 1 saturated carbocycles. The number of aliphatic hydroxyl groups is 1. The number of hydrogen-bond donors (Lipinski definition) is 3. The monoisotopic (exact) mass is 314 g/mol. The Kier molecular flexibility index (Phi) is 4.77. The van der Waals surface area contributed by atoms with Gasteiger partial charge in [-0.2, -0.15) is 0 Å². The van der Waals surface area contributed by atoms with E-state index in [0.717, 1.165) is 48.3 Å².